The molecule has 0 spiro atoms. The molecule has 0 saturated heterocycles. The molecule has 1 saturated carbocycles. The van der Waals surface area contributed by atoms with E-state index < -0.39 is 11.9 Å². The van der Waals surface area contributed by atoms with Gasteiger partial charge in [-0.1, -0.05) is 12.5 Å². The normalized spacial score (nSPS) is 18.3. The van der Waals surface area contributed by atoms with Gasteiger partial charge in [-0.15, -0.1) is 0 Å². The van der Waals surface area contributed by atoms with Gasteiger partial charge in [-0.3, -0.25) is 0 Å². The van der Waals surface area contributed by atoms with Crippen LogP contribution in [-0.4, -0.2) is 12.2 Å². The molecule has 1 aliphatic carbocycles. The van der Waals surface area contributed by atoms with E-state index in [1.807, 2.05) is 0 Å². The molecule has 0 heterocycles. The zero-order valence-electron chi connectivity index (χ0n) is 8.74. The number of methoxy groups -OCH3 is 1. The Kier molecular flexibility index (Phi) is 2.91. The third kappa shape index (κ3) is 1.97. The number of halogens is 1. The van der Waals surface area contributed by atoms with Crippen molar-refractivity contribution in [1.82, 2.24) is 0 Å². The van der Waals surface area contributed by atoms with Gasteiger partial charge < -0.3 is 9.84 Å². The van der Waals surface area contributed by atoms with E-state index in [4.69, 9.17) is 4.74 Å². The molecular weight excluding hydrogens is 195 g/mol. The summed E-state index contributed by atoms with van der Waals surface area (Å²) in [5, 5.41) is 9.92. The average Bonchev–Trinajstić information content (AvgIpc) is 2.15. The maximum absolute atomic E-state index is 13.4. The Morgan fingerprint density at radius 1 is 1.47 bits per heavy atom. The highest BCUT2D eigenvalue weighted by Crippen LogP contribution is 2.38. The second-order valence-corrected chi connectivity index (χ2v) is 4.03. The minimum atomic E-state index is -0.529. The molecule has 0 bridgehead atoms. The third-order valence-corrected chi connectivity index (χ3v) is 3.11. The van der Waals surface area contributed by atoms with E-state index in [0.717, 1.165) is 12.8 Å². The lowest BCUT2D eigenvalue weighted by Crippen LogP contribution is -2.20. The van der Waals surface area contributed by atoms with E-state index in [-0.39, 0.29) is 5.75 Å². The van der Waals surface area contributed by atoms with Crippen molar-refractivity contribution in [3.63, 3.8) is 0 Å². The molecule has 0 amide bonds. The molecule has 1 aromatic carbocycles. The summed E-state index contributed by atoms with van der Waals surface area (Å²) in [7, 11) is 1.43. The highest BCUT2D eigenvalue weighted by Gasteiger charge is 2.27. The molecule has 3 heteroatoms. The maximum Gasteiger partial charge on any atom is 0.165 e. The van der Waals surface area contributed by atoms with Crippen molar-refractivity contribution in [3.05, 3.63) is 29.6 Å². The van der Waals surface area contributed by atoms with Crippen LogP contribution in [0.3, 0.4) is 0 Å². The smallest absolute Gasteiger partial charge is 0.165 e. The summed E-state index contributed by atoms with van der Waals surface area (Å²) < 4.78 is 18.2. The predicted molar refractivity (Wildman–Crippen MR) is 55.3 cm³/mol. The Bertz CT molecular complexity index is 347. The lowest BCUT2D eigenvalue weighted by atomic mass is 9.79. The largest absolute Gasteiger partial charge is 0.494 e. The monoisotopic (exact) mass is 210 g/mol. The second kappa shape index (κ2) is 4.19. The zero-order valence-corrected chi connectivity index (χ0v) is 8.74. The van der Waals surface area contributed by atoms with Crippen molar-refractivity contribution in [1.29, 1.82) is 0 Å². The fourth-order valence-electron chi connectivity index (χ4n) is 1.89. The Hall–Kier alpha value is -1.09. The van der Waals surface area contributed by atoms with Gasteiger partial charge in [0.25, 0.3) is 0 Å². The van der Waals surface area contributed by atoms with Crippen molar-refractivity contribution in [2.75, 3.05) is 7.11 Å². The summed E-state index contributed by atoms with van der Waals surface area (Å²) in [5.74, 6) is 0.116. The number of hydrogen-bond donors (Lipinski definition) is 1. The highest BCUT2D eigenvalue weighted by molar-refractivity contribution is 5.30. The van der Waals surface area contributed by atoms with Gasteiger partial charge in [0.05, 0.1) is 13.2 Å². The fourth-order valence-corrected chi connectivity index (χ4v) is 1.89. The van der Waals surface area contributed by atoms with Crippen LogP contribution >= 0.6 is 0 Å². The quantitative estimate of drug-likeness (QED) is 0.831. The lowest BCUT2D eigenvalue weighted by Gasteiger charge is -2.30. The molecule has 82 valence electrons. The van der Waals surface area contributed by atoms with E-state index in [9.17, 15) is 9.50 Å². The summed E-state index contributed by atoms with van der Waals surface area (Å²) in [6, 6.07) is 4.65. The van der Waals surface area contributed by atoms with Crippen LogP contribution in [0.4, 0.5) is 4.39 Å². The Labute approximate surface area is 88.7 Å². The Morgan fingerprint density at radius 2 is 2.20 bits per heavy atom. The van der Waals surface area contributed by atoms with E-state index in [1.165, 1.54) is 19.6 Å². The van der Waals surface area contributed by atoms with Crippen LogP contribution in [0.25, 0.3) is 0 Å². The third-order valence-electron chi connectivity index (χ3n) is 3.11. The molecule has 1 unspecified atom stereocenters. The van der Waals surface area contributed by atoms with Crippen LogP contribution in [0, 0.1) is 11.7 Å². The van der Waals surface area contributed by atoms with Crippen molar-refractivity contribution in [3.8, 4) is 5.75 Å². The SMILES string of the molecule is COc1ccc(C(O)C2CCC2)cc1F. The van der Waals surface area contributed by atoms with Crippen molar-refractivity contribution in [2.45, 2.75) is 25.4 Å². The van der Waals surface area contributed by atoms with Gasteiger partial charge in [0.1, 0.15) is 0 Å². The minimum absolute atomic E-state index is 0.222. The van der Waals surface area contributed by atoms with Gasteiger partial charge in [0, 0.05) is 0 Å². The van der Waals surface area contributed by atoms with Gasteiger partial charge in [0.2, 0.25) is 0 Å². The van der Waals surface area contributed by atoms with Crippen LogP contribution in [0.1, 0.15) is 30.9 Å². The number of aliphatic hydroxyl groups excluding tert-OH is 1. The second-order valence-electron chi connectivity index (χ2n) is 4.03. The van der Waals surface area contributed by atoms with E-state index in [0.29, 0.717) is 11.5 Å². The summed E-state index contributed by atoms with van der Waals surface area (Å²) in [5.41, 5.74) is 0.651. The van der Waals surface area contributed by atoms with Crippen molar-refractivity contribution < 1.29 is 14.2 Å². The number of aliphatic hydroxyl groups is 1. The number of benzene rings is 1. The summed E-state index contributed by atoms with van der Waals surface area (Å²) in [4.78, 5) is 0. The lowest BCUT2D eigenvalue weighted by molar-refractivity contribution is 0.0618. The van der Waals surface area contributed by atoms with E-state index >= 15 is 0 Å². The number of rotatable bonds is 3. The number of ether oxygens (including phenoxy) is 1. The molecule has 1 aromatic rings. The molecular formula is C12H15FO2. The fraction of sp³-hybridized carbons (Fsp3) is 0.500. The van der Waals surface area contributed by atoms with Gasteiger partial charge in [-0.05, 0) is 36.5 Å². The Morgan fingerprint density at radius 3 is 2.67 bits per heavy atom. The average molecular weight is 210 g/mol. The summed E-state index contributed by atoms with van der Waals surface area (Å²) in [6.07, 6.45) is 2.71. The standard InChI is InChI=1S/C12H15FO2/c1-15-11-6-5-9(7-10(11)13)12(14)8-3-2-4-8/h5-8,12,14H,2-4H2,1H3. The predicted octanol–water partition coefficient (Wildman–Crippen LogP) is 2.67. The zero-order chi connectivity index (χ0) is 10.8. The molecule has 1 N–H and O–H groups in total. The first kappa shape index (κ1) is 10.4. The molecule has 0 aromatic heterocycles. The first-order valence-corrected chi connectivity index (χ1v) is 5.24. The molecule has 1 fully saturated rings. The van der Waals surface area contributed by atoms with E-state index in [1.54, 1.807) is 12.1 Å². The van der Waals surface area contributed by atoms with Crippen molar-refractivity contribution in [2.24, 2.45) is 5.92 Å². The van der Waals surface area contributed by atoms with Crippen LogP contribution in [0.5, 0.6) is 5.75 Å². The molecule has 0 radical (unpaired) electrons. The maximum atomic E-state index is 13.4. The molecule has 1 aliphatic rings. The first-order chi connectivity index (χ1) is 7.22. The van der Waals surface area contributed by atoms with Gasteiger partial charge in [0.15, 0.2) is 11.6 Å². The van der Waals surface area contributed by atoms with Gasteiger partial charge >= 0.3 is 0 Å². The number of hydrogen-bond acceptors (Lipinski definition) is 2. The summed E-state index contributed by atoms with van der Waals surface area (Å²) >= 11 is 0. The molecule has 1 atom stereocenters. The topological polar surface area (TPSA) is 29.5 Å². The van der Waals surface area contributed by atoms with E-state index in [2.05, 4.69) is 0 Å². The molecule has 0 aliphatic heterocycles. The van der Waals surface area contributed by atoms with Crippen molar-refractivity contribution >= 4 is 0 Å². The molecule has 15 heavy (non-hydrogen) atoms. The highest BCUT2D eigenvalue weighted by atomic mass is 19.1. The van der Waals surface area contributed by atoms with Crippen LogP contribution in [0.2, 0.25) is 0 Å². The van der Waals surface area contributed by atoms with Crippen LogP contribution < -0.4 is 4.74 Å². The Balaban J connectivity index is 2.17. The van der Waals surface area contributed by atoms with Gasteiger partial charge in [-0.2, -0.15) is 0 Å². The molecule has 2 nitrogen and oxygen atoms in total. The summed E-state index contributed by atoms with van der Waals surface area (Å²) in [6.45, 7) is 0. The van der Waals surface area contributed by atoms with Crippen LogP contribution in [-0.2, 0) is 0 Å². The molecule has 2 rings (SSSR count). The van der Waals surface area contributed by atoms with Crippen LogP contribution in [0.15, 0.2) is 18.2 Å². The minimum Gasteiger partial charge on any atom is -0.494 e. The van der Waals surface area contributed by atoms with Gasteiger partial charge in [-0.25, -0.2) is 4.39 Å². The first-order valence-electron chi connectivity index (χ1n) is 5.24.